The summed E-state index contributed by atoms with van der Waals surface area (Å²) >= 11 is 0. The van der Waals surface area contributed by atoms with Crippen molar-refractivity contribution in [2.45, 2.75) is 44.6 Å². The first-order valence-electron chi connectivity index (χ1n) is 10.7. The largest absolute Gasteiger partial charge is 0.454 e. The van der Waals surface area contributed by atoms with Crippen molar-refractivity contribution in [1.82, 2.24) is 0 Å². The van der Waals surface area contributed by atoms with E-state index in [-0.39, 0.29) is 16.9 Å². The Kier molecular flexibility index (Phi) is 7.98. The molecule has 32 heavy (non-hydrogen) atoms. The number of allylic oxidation sites excluding steroid dienone is 1. The van der Waals surface area contributed by atoms with Crippen molar-refractivity contribution in [3.05, 3.63) is 102 Å². The van der Waals surface area contributed by atoms with Crippen LogP contribution in [0.5, 0.6) is 17.2 Å². The van der Waals surface area contributed by atoms with E-state index in [2.05, 4.69) is 18.2 Å². The Morgan fingerprint density at radius 1 is 0.969 bits per heavy atom. The fourth-order valence-corrected chi connectivity index (χ4v) is 3.86. The van der Waals surface area contributed by atoms with Crippen LogP contribution < -0.4 is 9.47 Å². The summed E-state index contributed by atoms with van der Waals surface area (Å²) in [7, 11) is 0. The number of alkyl halides is 2. The second kappa shape index (κ2) is 10.9. The van der Waals surface area contributed by atoms with E-state index in [1.807, 2.05) is 36.4 Å². The monoisotopic (exact) mass is 440 g/mol. The zero-order valence-electron chi connectivity index (χ0n) is 18.1. The molecular formula is C27H27F3O2. The predicted octanol–water partition coefficient (Wildman–Crippen LogP) is 8.08. The first kappa shape index (κ1) is 23.5. The lowest BCUT2D eigenvalue weighted by Crippen LogP contribution is -2.22. The summed E-state index contributed by atoms with van der Waals surface area (Å²) in [5, 5.41) is 0. The van der Waals surface area contributed by atoms with Gasteiger partial charge < -0.3 is 9.47 Å². The maximum absolute atomic E-state index is 14.2. The van der Waals surface area contributed by atoms with Crippen LogP contribution in [0.1, 0.15) is 37.3 Å². The highest BCUT2D eigenvalue weighted by Gasteiger charge is 2.26. The van der Waals surface area contributed by atoms with Crippen molar-refractivity contribution in [3.8, 4) is 17.2 Å². The van der Waals surface area contributed by atoms with Gasteiger partial charge in [0.2, 0.25) is 0 Å². The molecule has 5 heteroatoms. The van der Waals surface area contributed by atoms with Crippen LogP contribution in [-0.2, 0) is 11.8 Å². The number of benzene rings is 3. The molecule has 0 aromatic heterocycles. The SMILES string of the molecule is C=CC(CC)(CCCc1ccc(F)c(Oc2ccccc2)c1)c1ccc(OC(F)F)cc1. The molecule has 0 saturated carbocycles. The van der Waals surface area contributed by atoms with Crippen molar-refractivity contribution in [2.24, 2.45) is 0 Å². The van der Waals surface area contributed by atoms with Crippen molar-refractivity contribution >= 4 is 0 Å². The molecular weight excluding hydrogens is 413 g/mol. The molecule has 0 aliphatic rings. The summed E-state index contributed by atoms with van der Waals surface area (Å²) < 4.78 is 49.2. The third-order valence-electron chi connectivity index (χ3n) is 5.73. The Labute approximate surface area is 187 Å². The third kappa shape index (κ3) is 5.94. The van der Waals surface area contributed by atoms with Crippen LogP contribution >= 0.6 is 0 Å². The van der Waals surface area contributed by atoms with Gasteiger partial charge in [-0.1, -0.05) is 49.4 Å². The average molecular weight is 441 g/mol. The lowest BCUT2D eigenvalue weighted by molar-refractivity contribution is -0.0498. The molecule has 0 radical (unpaired) electrons. The van der Waals surface area contributed by atoms with E-state index in [4.69, 9.17) is 4.74 Å². The highest BCUT2D eigenvalue weighted by atomic mass is 19.3. The van der Waals surface area contributed by atoms with Crippen LogP contribution in [0.3, 0.4) is 0 Å². The van der Waals surface area contributed by atoms with E-state index >= 15 is 0 Å². The highest BCUT2D eigenvalue weighted by Crippen LogP contribution is 2.36. The minimum Gasteiger partial charge on any atom is -0.454 e. The molecule has 3 aromatic carbocycles. The molecule has 0 bridgehead atoms. The van der Waals surface area contributed by atoms with Crippen molar-refractivity contribution in [1.29, 1.82) is 0 Å². The first-order valence-corrected chi connectivity index (χ1v) is 10.7. The van der Waals surface area contributed by atoms with Crippen molar-refractivity contribution < 1.29 is 22.6 Å². The van der Waals surface area contributed by atoms with Gasteiger partial charge in [0.15, 0.2) is 11.6 Å². The number of para-hydroxylation sites is 1. The van der Waals surface area contributed by atoms with E-state index in [1.54, 1.807) is 36.4 Å². The summed E-state index contributed by atoms with van der Waals surface area (Å²) in [5.41, 5.74) is 1.70. The summed E-state index contributed by atoms with van der Waals surface area (Å²) in [6, 6.07) is 20.8. The minimum atomic E-state index is -2.84. The van der Waals surface area contributed by atoms with E-state index in [0.29, 0.717) is 5.75 Å². The first-order chi connectivity index (χ1) is 15.5. The predicted molar refractivity (Wildman–Crippen MR) is 121 cm³/mol. The van der Waals surface area contributed by atoms with Crippen molar-refractivity contribution in [2.75, 3.05) is 0 Å². The van der Waals surface area contributed by atoms with Gasteiger partial charge >= 0.3 is 6.61 Å². The summed E-state index contributed by atoms with van der Waals surface area (Å²) in [5.74, 6) is 0.515. The highest BCUT2D eigenvalue weighted by molar-refractivity contribution is 5.37. The van der Waals surface area contributed by atoms with Gasteiger partial charge in [-0.2, -0.15) is 8.78 Å². The number of ether oxygens (including phenoxy) is 2. The molecule has 0 N–H and O–H groups in total. The van der Waals surface area contributed by atoms with Gasteiger partial charge in [-0.3, -0.25) is 0 Å². The molecule has 3 aromatic rings. The molecule has 0 aliphatic heterocycles. The Morgan fingerprint density at radius 3 is 2.31 bits per heavy atom. The standard InChI is InChI=1S/C27H27F3O2/c1-3-27(4-2,21-13-15-23(16-14-21)32-26(29)30)18-8-9-20-12-17-24(28)25(19-20)31-22-10-6-5-7-11-22/h3,5-7,10-17,19,26H,1,4,8-9,18H2,2H3. The van der Waals surface area contributed by atoms with Gasteiger partial charge in [0.05, 0.1) is 0 Å². The number of rotatable bonds is 11. The number of aryl methyl sites for hydroxylation is 1. The molecule has 0 heterocycles. The topological polar surface area (TPSA) is 18.5 Å². The number of hydrogen-bond donors (Lipinski definition) is 0. The molecule has 168 valence electrons. The van der Waals surface area contributed by atoms with Crippen LogP contribution in [0.25, 0.3) is 0 Å². The maximum atomic E-state index is 14.2. The van der Waals surface area contributed by atoms with E-state index in [9.17, 15) is 13.2 Å². The quantitative estimate of drug-likeness (QED) is 0.281. The smallest absolute Gasteiger partial charge is 0.387 e. The normalized spacial score (nSPS) is 12.9. The maximum Gasteiger partial charge on any atom is 0.387 e. The third-order valence-corrected chi connectivity index (χ3v) is 5.73. The van der Waals surface area contributed by atoms with Gasteiger partial charge in [-0.25, -0.2) is 4.39 Å². The fourth-order valence-electron chi connectivity index (χ4n) is 3.86. The van der Waals surface area contributed by atoms with Gasteiger partial charge in [0.25, 0.3) is 0 Å². The van der Waals surface area contributed by atoms with Crippen molar-refractivity contribution in [3.63, 3.8) is 0 Å². The molecule has 0 spiro atoms. The molecule has 2 nitrogen and oxygen atoms in total. The van der Waals surface area contributed by atoms with Crippen LogP contribution in [0.2, 0.25) is 0 Å². The Hall–Kier alpha value is -3.21. The average Bonchev–Trinajstić information content (AvgIpc) is 2.80. The van der Waals surface area contributed by atoms with Crippen LogP contribution in [0.15, 0.2) is 85.5 Å². The molecule has 0 aliphatic carbocycles. The molecule has 0 fully saturated rings. The van der Waals surface area contributed by atoms with Gasteiger partial charge in [0.1, 0.15) is 11.5 Å². The molecule has 1 unspecified atom stereocenters. The second-order valence-corrected chi connectivity index (χ2v) is 7.65. The molecule has 3 rings (SSSR count). The van der Waals surface area contributed by atoms with Gasteiger partial charge in [-0.05, 0) is 73.2 Å². The Bertz CT molecular complexity index is 1000. The number of hydrogen-bond acceptors (Lipinski definition) is 2. The lowest BCUT2D eigenvalue weighted by atomic mass is 9.74. The van der Waals surface area contributed by atoms with E-state index < -0.39 is 12.4 Å². The van der Waals surface area contributed by atoms with Crippen LogP contribution in [0.4, 0.5) is 13.2 Å². The van der Waals surface area contributed by atoms with Gasteiger partial charge in [0, 0.05) is 5.41 Å². The number of halogens is 3. The Morgan fingerprint density at radius 2 is 1.69 bits per heavy atom. The van der Waals surface area contributed by atoms with Crippen LogP contribution in [0, 0.1) is 5.82 Å². The molecule has 0 amide bonds. The summed E-state index contributed by atoms with van der Waals surface area (Å²) in [4.78, 5) is 0. The molecule has 0 saturated heterocycles. The molecule has 1 atom stereocenters. The minimum absolute atomic E-state index is 0.134. The fraction of sp³-hybridized carbons (Fsp3) is 0.259. The van der Waals surface area contributed by atoms with Gasteiger partial charge in [-0.15, -0.1) is 6.58 Å². The Balaban J connectivity index is 1.67. The lowest BCUT2D eigenvalue weighted by Gasteiger charge is -2.30. The summed E-state index contributed by atoms with van der Waals surface area (Å²) in [6.45, 7) is 3.26. The second-order valence-electron chi connectivity index (χ2n) is 7.65. The van der Waals surface area contributed by atoms with E-state index in [1.165, 1.54) is 6.07 Å². The van der Waals surface area contributed by atoms with E-state index in [0.717, 1.165) is 36.8 Å². The van der Waals surface area contributed by atoms with Crippen LogP contribution in [-0.4, -0.2) is 6.61 Å². The summed E-state index contributed by atoms with van der Waals surface area (Å²) in [6.07, 6.45) is 5.13. The zero-order valence-corrected chi connectivity index (χ0v) is 18.1. The zero-order chi connectivity index (χ0) is 23.0.